The van der Waals surface area contributed by atoms with Crippen molar-refractivity contribution in [1.82, 2.24) is 19.8 Å². The van der Waals surface area contributed by atoms with Crippen molar-refractivity contribution >= 4 is 34.3 Å². The molecule has 3 heterocycles. The average molecular weight is 456 g/mol. The molecule has 5 aromatic rings. The minimum atomic E-state index is -0.468. The maximum Gasteiger partial charge on any atom is 0.269 e. The van der Waals surface area contributed by atoms with Crippen LogP contribution in [0.4, 0.5) is 11.4 Å². The van der Waals surface area contributed by atoms with Gasteiger partial charge in [0.25, 0.3) is 5.69 Å². The Kier molecular flexibility index (Phi) is 5.33. The second kappa shape index (κ2) is 8.60. The van der Waals surface area contributed by atoms with E-state index >= 15 is 0 Å². The highest BCUT2D eigenvalue weighted by Crippen LogP contribution is 2.25. The summed E-state index contributed by atoms with van der Waals surface area (Å²) >= 11 is 1.57. The first-order valence-corrected chi connectivity index (χ1v) is 10.8. The lowest BCUT2D eigenvalue weighted by Crippen LogP contribution is -2.14. The van der Waals surface area contributed by atoms with E-state index in [1.807, 2.05) is 47.8 Å². The number of non-ortho nitro benzene ring substituents is 1. The predicted octanol–water partition coefficient (Wildman–Crippen LogP) is 4.61. The second-order valence-electron chi connectivity index (χ2n) is 7.22. The van der Waals surface area contributed by atoms with Crippen molar-refractivity contribution in [3.05, 3.63) is 93.9 Å². The summed E-state index contributed by atoms with van der Waals surface area (Å²) in [4.78, 5) is 23.8. The van der Waals surface area contributed by atoms with Crippen LogP contribution in [0.5, 0.6) is 0 Å². The van der Waals surface area contributed by atoms with Gasteiger partial charge in [0.2, 0.25) is 5.91 Å². The molecule has 162 valence electrons. The smallest absolute Gasteiger partial charge is 0.269 e. The highest BCUT2D eigenvalue weighted by Gasteiger charge is 2.12. The predicted molar refractivity (Wildman–Crippen MR) is 125 cm³/mol. The number of thiophene rings is 1. The van der Waals surface area contributed by atoms with Gasteiger partial charge < -0.3 is 5.32 Å². The fourth-order valence-electron chi connectivity index (χ4n) is 3.38. The molecule has 0 atom stereocenters. The maximum absolute atomic E-state index is 12.5. The van der Waals surface area contributed by atoms with Crippen molar-refractivity contribution in [2.75, 3.05) is 5.32 Å². The van der Waals surface area contributed by atoms with Crippen LogP contribution in [0.3, 0.4) is 0 Å². The van der Waals surface area contributed by atoms with Gasteiger partial charge in [0.1, 0.15) is 0 Å². The molecule has 0 aliphatic rings. The number of carbonyl (C=O) groups is 1. The second-order valence-corrected chi connectivity index (χ2v) is 8.17. The lowest BCUT2D eigenvalue weighted by atomic mass is 10.1. The normalized spacial score (nSPS) is 10.9. The maximum atomic E-state index is 12.5. The van der Waals surface area contributed by atoms with Crippen molar-refractivity contribution < 1.29 is 9.72 Å². The standard InChI is InChI=1S/C23H16N6O3S/c30-22(13-15-6-8-18(9-7-15)29(31)32)24-17-4-1-3-16(14-17)19-10-11-21-25-26-23(28(21)27-19)20-5-2-12-33-20/h1-12,14H,13H2,(H,24,30). The van der Waals surface area contributed by atoms with E-state index in [0.717, 1.165) is 10.4 Å². The Bertz CT molecular complexity index is 1460. The molecule has 1 amide bonds. The summed E-state index contributed by atoms with van der Waals surface area (Å²) in [6, 6.07) is 21.0. The van der Waals surface area contributed by atoms with E-state index in [-0.39, 0.29) is 18.0 Å². The molecule has 0 saturated heterocycles. The van der Waals surface area contributed by atoms with E-state index < -0.39 is 4.92 Å². The number of hydrogen-bond acceptors (Lipinski definition) is 7. The molecule has 0 unspecified atom stereocenters. The molecule has 1 N–H and O–H groups in total. The van der Waals surface area contributed by atoms with Crippen LogP contribution in [-0.4, -0.2) is 30.6 Å². The number of anilines is 1. The molecular formula is C23H16N6O3S. The average Bonchev–Trinajstić information content (AvgIpc) is 3.49. The SMILES string of the molecule is O=C(Cc1ccc([N+](=O)[O-])cc1)Nc1cccc(-c2ccc3nnc(-c4cccs4)n3n2)c1. The van der Waals surface area contributed by atoms with Gasteiger partial charge in [-0.15, -0.1) is 21.5 Å². The van der Waals surface area contributed by atoms with E-state index in [9.17, 15) is 14.9 Å². The molecule has 0 saturated carbocycles. The van der Waals surface area contributed by atoms with Crippen LogP contribution in [0.2, 0.25) is 0 Å². The molecule has 0 aliphatic heterocycles. The lowest BCUT2D eigenvalue weighted by Gasteiger charge is -2.08. The Morgan fingerprint density at radius 3 is 2.64 bits per heavy atom. The molecule has 10 heteroatoms. The first-order valence-electron chi connectivity index (χ1n) is 9.97. The molecule has 5 rings (SSSR count). The summed E-state index contributed by atoms with van der Waals surface area (Å²) in [6.07, 6.45) is 0.108. The quantitative estimate of drug-likeness (QED) is 0.295. The van der Waals surface area contributed by atoms with Crippen molar-refractivity contribution in [1.29, 1.82) is 0 Å². The molecule has 0 bridgehead atoms. The third-order valence-corrected chi connectivity index (χ3v) is 5.82. The van der Waals surface area contributed by atoms with Gasteiger partial charge >= 0.3 is 0 Å². The van der Waals surface area contributed by atoms with E-state index in [1.54, 1.807) is 34.1 Å². The zero-order chi connectivity index (χ0) is 22.8. The van der Waals surface area contributed by atoms with Crippen LogP contribution in [0.1, 0.15) is 5.56 Å². The molecular weight excluding hydrogens is 440 g/mol. The molecule has 0 radical (unpaired) electrons. The number of carbonyl (C=O) groups excluding carboxylic acids is 1. The first kappa shape index (κ1) is 20.5. The molecule has 0 spiro atoms. The first-order chi connectivity index (χ1) is 16.1. The molecule has 33 heavy (non-hydrogen) atoms. The molecule has 0 aliphatic carbocycles. The van der Waals surface area contributed by atoms with E-state index in [0.29, 0.717) is 28.4 Å². The molecule has 2 aromatic carbocycles. The summed E-state index contributed by atoms with van der Waals surface area (Å²) in [5, 5.41) is 28.8. The number of rotatable bonds is 6. The Hall–Kier alpha value is -4.44. The van der Waals surface area contributed by atoms with Crippen LogP contribution >= 0.6 is 11.3 Å². The summed E-state index contributed by atoms with van der Waals surface area (Å²) in [5.41, 5.74) is 3.50. The Morgan fingerprint density at radius 2 is 1.88 bits per heavy atom. The Morgan fingerprint density at radius 1 is 1.03 bits per heavy atom. The Labute approximate surface area is 191 Å². The minimum Gasteiger partial charge on any atom is -0.326 e. The van der Waals surface area contributed by atoms with Gasteiger partial charge in [-0.25, -0.2) is 0 Å². The van der Waals surface area contributed by atoms with Crippen LogP contribution in [0, 0.1) is 10.1 Å². The fourth-order valence-corrected chi connectivity index (χ4v) is 4.08. The van der Waals surface area contributed by atoms with Gasteiger partial charge in [-0.1, -0.05) is 30.3 Å². The summed E-state index contributed by atoms with van der Waals surface area (Å²) in [6.45, 7) is 0. The van der Waals surface area contributed by atoms with E-state index in [4.69, 9.17) is 5.10 Å². The van der Waals surface area contributed by atoms with E-state index in [1.165, 1.54) is 12.1 Å². The lowest BCUT2D eigenvalue weighted by molar-refractivity contribution is -0.384. The van der Waals surface area contributed by atoms with Gasteiger partial charge in [0, 0.05) is 23.4 Å². The largest absolute Gasteiger partial charge is 0.326 e. The van der Waals surface area contributed by atoms with Crippen molar-refractivity contribution in [2.45, 2.75) is 6.42 Å². The Balaban J connectivity index is 1.35. The molecule has 0 fully saturated rings. The van der Waals surface area contributed by atoms with Crippen LogP contribution < -0.4 is 5.32 Å². The number of benzene rings is 2. The van der Waals surface area contributed by atoms with Crippen LogP contribution in [0.15, 0.2) is 78.2 Å². The summed E-state index contributed by atoms with van der Waals surface area (Å²) in [5.74, 6) is 0.456. The van der Waals surface area contributed by atoms with Crippen molar-refractivity contribution in [3.8, 4) is 22.0 Å². The fraction of sp³-hybridized carbons (Fsp3) is 0.0435. The zero-order valence-electron chi connectivity index (χ0n) is 17.1. The van der Waals surface area contributed by atoms with Crippen molar-refractivity contribution in [3.63, 3.8) is 0 Å². The van der Waals surface area contributed by atoms with Gasteiger partial charge in [-0.05, 0) is 41.3 Å². The van der Waals surface area contributed by atoms with Gasteiger partial charge in [-0.2, -0.15) is 9.61 Å². The molecule has 3 aromatic heterocycles. The third kappa shape index (κ3) is 4.32. The minimum absolute atomic E-state index is 0.00773. The number of nitro groups is 1. The number of fused-ring (bicyclic) bond motifs is 1. The van der Waals surface area contributed by atoms with Gasteiger partial charge in [0.05, 0.1) is 21.9 Å². The van der Waals surface area contributed by atoms with Gasteiger partial charge in [0.15, 0.2) is 11.5 Å². The topological polar surface area (TPSA) is 115 Å². The van der Waals surface area contributed by atoms with Crippen LogP contribution in [0.25, 0.3) is 27.6 Å². The number of hydrogen-bond donors (Lipinski definition) is 1. The zero-order valence-corrected chi connectivity index (χ0v) is 17.9. The summed E-state index contributed by atoms with van der Waals surface area (Å²) in [7, 11) is 0. The van der Waals surface area contributed by atoms with Crippen molar-refractivity contribution in [2.24, 2.45) is 0 Å². The van der Waals surface area contributed by atoms with Crippen LogP contribution in [-0.2, 0) is 11.2 Å². The third-order valence-electron chi connectivity index (χ3n) is 4.96. The number of nitrogens with zero attached hydrogens (tertiary/aromatic N) is 5. The number of amides is 1. The van der Waals surface area contributed by atoms with E-state index in [2.05, 4.69) is 15.5 Å². The number of nitrogens with one attached hydrogen (secondary N) is 1. The highest BCUT2D eigenvalue weighted by atomic mass is 32.1. The highest BCUT2D eigenvalue weighted by molar-refractivity contribution is 7.13. The monoisotopic (exact) mass is 456 g/mol. The summed E-state index contributed by atoms with van der Waals surface area (Å²) < 4.78 is 1.71. The van der Waals surface area contributed by atoms with Gasteiger partial charge in [-0.3, -0.25) is 14.9 Å². The molecule has 9 nitrogen and oxygen atoms in total. The number of nitro benzene ring substituents is 1. The number of aromatic nitrogens is 4.